The van der Waals surface area contributed by atoms with Gasteiger partial charge in [-0.05, 0) is 98.7 Å². The SMILES string of the molecule is C[C@@H](CCC1(O)OC2C[C@H]3[C@@H]4CC=C5CC(O[C@@H]6O[C@H](CO)[C@@H](O[C@H]7O[C@@H](O)[C@H](O)[C@@H](O)[C@H]7O)[C@H](O)[C@H]6O[C@H]6O[C@@H](C)[C@H](O)[C@@H](O)[C@H]6O)CC[C@]5(C)[C@H]4CC[C@]3(C)[C@@H]2[C@@H]1C)CO[C@@H]1O[C@H](CO)[C@@H](O)[C@H](O)[C@H]1O. The number of hydrogen-bond donors (Lipinski definition) is 14. The molecule has 5 saturated heterocycles. The van der Waals surface area contributed by atoms with Crippen molar-refractivity contribution in [3.8, 4) is 0 Å². The molecule has 8 fully saturated rings. The molecule has 5 aliphatic heterocycles. The molecule has 3 saturated carbocycles. The van der Waals surface area contributed by atoms with Crippen molar-refractivity contribution < 1.29 is 114 Å². The van der Waals surface area contributed by atoms with Gasteiger partial charge in [-0.2, -0.15) is 0 Å². The molecule has 23 nitrogen and oxygen atoms in total. The van der Waals surface area contributed by atoms with Gasteiger partial charge < -0.3 is 114 Å². The number of hydrogen-bond acceptors (Lipinski definition) is 23. The second-order valence-electron chi connectivity index (χ2n) is 23.5. The van der Waals surface area contributed by atoms with E-state index in [0.29, 0.717) is 43.4 Å². The van der Waals surface area contributed by atoms with Crippen molar-refractivity contribution in [3.05, 3.63) is 11.6 Å². The first-order chi connectivity index (χ1) is 34.5. The molecule has 9 rings (SSSR count). The molecular formula is C50H82O23. The standard InChI is InChI=1S/C50H82O23/c1-19(18-65-44-37(59)34(56)32(54)28(16-51)68-44)8-13-50(64)20(2)30-27(73-50)15-26-24-7-6-22-14-23(9-11-48(22,4)25(24)10-12-49(26,30)5)67-47-42(71-45-38(60)33(55)31(53)21(3)66-45)40(62)41(29(17-52)69-47)70-46-39(61)35(57)36(58)43(63)72-46/h6,19-21,23-47,51-64H,7-18H2,1-5H3/t19-,20-,21-,23?,24+,25-,26-,27?,28+,29+,30+,31-,32+,33+,34-,35+,36+,37+,38+,39+,40-,41+,42+,43+,44+,45+,46-,47+,48-,49-,50?/m0/s1. The summed E-state index contributed by atoms with van der Waals surface area (Å²) in [6, 6.07) is 0. The Morgan fingerprint density at radius 2 is 1.29 bits per heavy atom. The van der Waals surface area contributed by atoms with E-state index in [1.165, 1.54) is 12.5 Å². The highest BCUT2D eigenvalue weighted by molar-refractivity contribution is 5.26. The van der Waals surface area contributed by atoms with Crippen LogP contribution >= 0.6 is 0 Å². The number of ether oxygens (including phenoxy) is 9. The summed E-state index contributed by atoms with van der Waals surface area (Å²) in [7, 11) is 0. The average molecular weight is 1050 g/mol. The molecule has 14 N–H and O–H groups in total. The Morgan fingerprint density at radius 1 is 0.658 bits per heavy atom. The first-order valence-electron chi connectivity index (χ1n) is 26.5. The normalized spacial score (nSPS) is 55.5. The van der Waals surface area contributed by atoms with Crippen LogP contribution in [0.1, 0.15) is 92.4 Å². The molecule has 9 aliphatic rings. The largest absolute Gasteiger partial charge is 0.394 e. The first-order valence-corrected chi connectivity index (χ1v) is 26.5. The van der Waals surface area contributed by atoms with Crippen LogP contribution in [0.15, 0.2) is 11.6 Å². The van der Waals surface area contributed by atoms with E-state index in [1.807, 2.05) is 6.92 Å². The van der Waals surface area contributed by atoms with E-state index in [0.717, 1.165) is 32.1 Å². The zero-order valence-corrected chi connectivity index (χ0v) is 42.2. The van der Waals surface area contributed by atoms with Gasteiger partial charge in [-0.3, -0.25) is 0 Å². The number of aliphatic hydroxyl groups excluding tert-OH is 13. The third-order valence-corrected chi connectivity index (χ3v) is 19.2. The van der Waals surface area contributed by atoms with Crippen molar-refractivity contribution in [1.82, 2.24) is 0 Å². The fourth-order valence-electron chi connectivity index (χ4n) is 14.8. The minimum Gasteiger partial charge on any atom is -0.394 e. The van der Waals surface area contributed by atoms with Crippen LogP contribution in [0.3, 0.4) is 0 Å². The van der Waals surface area contributed by atoms with E-state index < -0.39 is 148 Å². The minimum absolute atomic E-state index is 0.0712. The summed E-state index contributed by atoms with van der Waals surface area (Å²) in [6.45, 7) is 9.06. The molecule has 0 aromatic heterocycles. The smallest absolute Gasteiger partial charge is 0.189 e. The number of rotatable bonds is 14. The van der Waals surface area contributed by atoms with Crippen LogP contribution in [0.2, 0.25) is 0 Å². The molecule has 420 valence electrons. The first kappa shape index (κ1) is 56.5. The Morgan fingerprint density at radius 3 is 1.99 bits per heavy atom. The van der Waals surface area contributed by atoms with Crippen molar-refractivity contribution in [1.29, 1.82) is 0 Å². The van der Waals surface area contributed by atoms with Crippen LogP contribution in [0.25, 0.3) is 0 Å². The van der Waals surface area contributed by atoms with Gasteiger partial charge >= 0.3 is 0 Å². The number of allylic oxidation sites excluding steroid dienone is 1. The van der Waals surface area contributed by atoms with E-state index in [1.54, 1.807) is 0 Å². The quantitative estimate of drug-likeness (QED) is 0.0769. The predicted octanol–water partition coefficient (Wildman–Crippen LogP) is -3.05. The maximum Gasteiger partial charge on any atom is 0.189 e. The van der Waals surface area contributed by atoms with Gasteiger partial charge in [-0.1, -0.05) is 39.3 Å². The molecule has 5 heterocycles. The summed E-state index contributed by atoms with van der Waals surface area (Å²) in [5.41, 5.74) is 1.01. The molecule has 4 aliphatic carbocycles. The maximum absolute atomic E-state index is 12.1. The molecule has 0 aromatic carbocycles. The van der Waals surface area contributed by atoms with Crippen molar-refractivity contribution in [2.45, 2.75) is 233 Å². The van der Waals surface area contributed by atoms with Crippen molar-refractivity contribution in [3.63, 3.8) is 0 Å². The fraction of sp³-hybridized carbons (Fsp3) is 0.960. The molecule has 0 amide bonds. The second kappa shape index (κ2) is 21.8. The third-order valence-electron chi connectivity index (χ3n) is 19.2. The summed E-state index contributed by atoms with van der Waals surface area (Å²) in [6.07, 6.45) is -23.3. The third kappa shape index (κ3) is 10.1. The zero-order valence-electron chi connectivity index (χ0n) is 42.2. The molecule has 0 aromatic rings. The van der Waals surface area contributed by atoms with Gasteiger partial charge in [0, 0.05) is 12.3 Å². The summed E-state index contributed by atoms with van der Waals surface area (Å²) < 4.78 is 53.8. The summed E-state index contributed by atoms with van der Waals surface area (Å²) in [5.74, 6) is -0.317. The lowest BCUT2D eigenvalue weighted by Crippen LogP contribution is -2.66. The Hall–Kier alpha value is -1.18. The van der Waals surface area contributed by atoms with Gasteiger partial charge in [-0.15, -0.1) is 0 Å². The molecular weight excluding hydrogens is 969 g/mol. The highest BCUT2D eigenvalue weighted by atomic mass is 16.8. The van der Waals surface area contributed by atoms with Gasteiger partial charge in [0.25, 0.3) is 0 Å². The molecule has 73 heavy (non-hydrogen) atoms. The second-order valence-corrected chi connectivity index (χ2v) is 23.5. The summed E-state index contributed by atoms with van der Waals surface area (Å²) in [5, 5.41) is 148. The van der Waals surface area contributed by atoms with Crippen LogP contribution in [0.5, 0.6) is 0 Å². The van der Waals surface area contributed by atoms with Crippen molar-refractivity contribution in [2.24, 2.45) is 46.3 Å². The van der Waals surface area contributed by atoms with Gasteiger partial charge in [-0.25, -0.2) is 0 Å². The van der Waals surface area contributed by atoms with Crippen molar-refractivity contribution >= 4 is 0 Å². The molecule has 23 heteroatoms. The molecule has 0 spiro atoms. The van der Waals surface area contributed by atoms with E-state index >= 15 is 0 Å². The minimum atomic E-state index is -1.97. The highest BCUT2D eigenvalue weighted by Gasteiger charge is 2.68. The molecule has 3 unspecified atom stereocenters. The lowest BCUT2D eigenvalue weighted by Gasteiger charge is -2.58. The Labute approximate surface area is 424 Å². The summed E-state index contributed by atoms with van der Waals surface area (Å²) in [4.78, 5) is 0. The Kier molecular flexibility index (Phi) is 16.9. The summed E-state index contributed by atoms with van der Waals surface area (Å²) >= 11 is 0. The van der Waals surface area contributed by atoms with Crippen LogP contribution < -0.4 is 0 Å². The van der Waals surface area contributed by atoms with E-state index in [-0.39, 0.29) is 41.3 Å². The average Bonchev–Trinajstić information content (AvgIpc) is 3.80. The van der Waals surface area contributed by atoms with Gasteiger partial charge in [0.1, 0.15) is 85.5 Å². The topological polar surface area (TPSA) is 366 Å². The van der Waals surface area contributed by atoms with E-state index in [2.05, 4.69) is 26.8 Å². The molecule has 0 radical (unpaired) electrons. The fourth-order valence-corrected chi connectivity index (χ4v) is 14.8. The van der Waals surface area contributed by atoms with Gasteiger partial charge in [0.2, 0.25) is 0 Å². The van der Waals surface area contributed by atoms with Gasteiger partial charge in [0.15, 0.2) is 37.2 Å². The van der Waals surface area contributed by atoms with Crippen LogP contribution in [0.4, 0.5) is 0 Å². The van der Waals surface area contributed by atoms with Crippen molar-refractivity contribution in [2.75, 3.05) is 19.8 Å². The monoisotopic (exact) mass is 1050 g/mol. The van der Waals surface area contributed by atoms with Gasteiger partial charge in [0.05, 0.1) is 38.1 Å². The lowest BCUT2D eigenvalue weighted by molar-refractivity contribution is -0.397. The van der Waals surface area contributed by atoms with Crippen LogP contribution in [-0.2, 0) is 42.6 Å². The number of fused-ring (bicyclic) bond motifs is 7. The Balaban J connectivity index is 0.846. The lowest BCUT2D eigenvalue weighted by atomic mass is 9.47. The zero-order chi connectivity index (χ0) is 52.8. The molecule has 31 atom stereocenters. The Bertz CT molecular complexity index is 1900. The van der Waals surface area contributed by atoms with E-state index in [4.69, 9.17) is 42.6 Å². The van der Waals surface area contributed by atoms with Crippen LogP contribution in [0, 0.1) is 46.3 Å². The van der Waals surface area contributed by atoms with Crippen LogP contribution in [-0.4, -0.2) is 232 Å². The predicted molar refractivity (Wildman–Crippen MR) is 245 cm³/mol. The molecule has 0 bridgehead atoms. The van der Waals surface area contributed by atoms with E-state index in [9.17, 15) is 71.5 Å². The number of aliphatic hydroxyl groups is 14. The maximum atomic E-state index is 12.1. The highest BCUT2D eigenvalue weighted by Crippen LogP contribution is 2.70.